The number of anilines is 1. The van der Waals surface area contributed by atoms with Crippen LogP contribution in [0.2, 0.25) is 0 Å². The lowest BCUT2D eigenvalue weighted by Gasteiger charge is -2.00. The Morgan fingerprint density at radius 3 is 2.18 bits per heavy atom. The third-order valence-corrected chi connectivity index (χ3v) is 1.26. The SMILES string of the molecule is COc1ccc(NN)cc1.[Cl]. The van der Waals surface area contributed by atoms with Crippen LogP contribution >= 0.6 is 12.4 Å². The van der Waals surface area contributed by atoms with Gasteiger partial charge >= 0.3 is 0 Å². The maximum Gasteiger partial charge on any atom is 0.119 e. The maximum atomic E-state index is 5.15. The van der Waals surface area contributed by atoms with Gasteiger partial charge in [-0.15, -0.1) is 0 Å². The summed E-state index contributed by atoms with van der Waals surface area (Å²) in [5.74, 6) is 5.98. The van der Waals surface area contributed by atoms with Gasteiger partial charge < -0.3 is 10.2 Å². The standard InChI is InChI=1S/C7H10N2O.Cl/c1-10-7-4-2-6(9-8)3-5-7;/h2-5,9H,8H2,1H3;. The van der Waals surface area contributed by atoms with Gasteiger partial charge in [0.2, 0.25) is 0 Å². The first-order valence-electron chi connectivity index (χ1n) is 2.97. The van der Waals surface area contributed by atoms with Crippen molar-refractivity contribution in [1.82, 2.24) is 0 Å². The molecule has 0 aromatic heterocycles. The molecular weight excluding hydrogens is 164 g/mol. The molecule has 0 aliphatic carbocycles. The molecule has 0 amide bonds. The van der Waals surface area contributed by atoms with Gasteiger partial charge in [-0.25, -0.2) is 0 Å². The van der Waals surface area contributed by atoms with E-state index >= 15 is 0 Å². The van der Waals surface area contributed by atoms with Crippen molar-refractivity contribution in [3.8, 4) is 5.75 Å². The second-order valence-electron chi connectivity index (χ2n) is 1.87. The highest BCUT2D eigenvalue weighted by molar-refractivity contribution is 5.85. The summed E-state index contributed by atoms with van der Waals surface area (Å²) >= 11 is 0. The lowest BCUT2D eigenvalue weighted by molar-refractivity contribution is 0.415. The van der Waals surface area contributed by atoms with E-state index in [0.717, 1.165) is 11.4 Å². The highest BCUT2D eigenvalue weighted by atomic mass is 35.5. The Kier molecular flexibility index (Phi) is 4.41. The van der Waals surface area contributed by atoms with Crippen molar-refractivity contribution in [2.24, 2.45) is 5.84 Å². The van der Waals surface area contributed by atoms with Crippen LogP contribution in [0, 0.1) is 0 Å². The van der Waals surface area contributed by atoms with Gasteiger partial charge in [0.25, 0.3) is 0 Å². The molecule has 3 nitrogen and oxygen atoms in total. The third kappa shape index (κ3) is 2.65. The van der Waals surface area contributed by atoms with Crippen LogP contribution in [0.25, 0.3) is 0 Å². The Balaban J connectivity index is 0.000001000. The molecule has 0 atom stereocenters. The summed E-state index contributed by atoms with van der Waals surface area (Å²) in [6.45, 7) is 0. The molecule has 61 valence electrons. The average Bonchev–Trinajstić information content (AvgIpc) is 2.05. The topological polar surface area (TPSA) is 47.3 Å². The van der Waals surface area contributed by atoms with E-state index < -0.39 is 0 Å². The number of rotatable bonds is 2. The van der Waals surface area contributed by atoms with Crippen molar-refractivity contribution < 1.29 is 4.74 Å². The molecule has 1 rings (SSSR count). The van der Waals surface area contributed by atoms with Gasteiger partial charge in [0.15, 0.2) is 0 Å². The van der Waals surface area contributed by atoms with E-state index in [4.69, 9.17) is 10.6 Å². The minimum atomic E-state index is 0. The number of hydrogen-bond acceptors (Lipinski definition) is 3. The molecule has 0 unspecified atom stereocenters. The Morgan fingerprint density at radius 1 is 1.27 bits per heavy atom. The second-order valence-corrected chi connectivity index (χ2v) is 1.87. The van der Waals surface area contributed by atoms with Gasteiger partial charge in [-0.3, -0.25) is 5.84 Å². The quantitative estimate of drug-likeness (QED) is 0.529. The minimum absolute atomic E-state index is 0. The lowest BCUT2D eigenvalue weighted by Crippen LogP contribution is -2.05. The van der Waals surface area contributed by atoms with Gasteiger partial charge in [-0.1, -0.05) is 0 Å². The van der Waals surface area contributed by atoms with E-state index in [1.165, 1.54) is 0 Å². The minimum Gasteiger partial charge on any atom is -0.497 e. The number of halogens is 1. The maximum absolute atomic E-state index is 5.15. The van der Waals surface area contributed by atoms with Crippen molar-refractivity contribution in [2.75, 3.05) is 12.5 Å². The van der Waals surface area contributed by atoms with Crippen LogP contribution in [-0.4, -0.2) is 7.11 Å². The van der Waals surface area contributed by atoms with E-state index in [1.807, 2.05) is 24.3 Å². The average molecular weight is 174 g/mol. The molecule has 0 spiro atoms. The number of methoxy groups -OCH3 is 1. The fraction of sp³-hybridized carbons (Fsp3) is 0.143. The molecule has 0 fully saturated rings. The fourth-order valence-electron chi connectivity index (χ4n) is 0.687. The van der Waals surface area contributed by atoms with Crippen molar-refractivity contribution >= 4 is 18.1 Å². The summed E-state index contributed by atoms with van der Waals surface area (Å²) in [4.78, 5) is 0. The zero-order valence-corrected chi connectivity index (χ0v) is 6.93. The number of hydrogen-bond donors (Lipinski definition) is 2. The predicted octanol–water partition coefficient (Wildman–Crippen LogP) is 1.67. The van der Waals surface area contributed by atoms with E-state index in [0.29, 0.717) is 0 Å². The van der Waals surface area contributed by atoms with Crippen molar-refractivity contribution in [3.63, 3.8) is 0 Å². The van der Waals surface area contributed by atoms with Gasteiger partial charge in [-0.05, 0) is 24.3 Å². The first kappa shape index (κ1) is 10.1. The van der Waals surface area contributed by atoms with Gasteiger partial charge in [0, 0.05) is 18.1 Å². The molecule has 4 heteroatoms. The number of hydrazine groups is 1. The molecule has 0 aliphatic heterocycles. The number of benzene rings is 1. The van der Waals surface area contributed by atoms with E-state index in [1.54, 1.807) is 7.11 Å². The third-order valence-electron chi connectivity index (χ3n) is 1.26. The van der Waals surface area contributed by atoms with Gasteiger partial charge in [0.05, 0.1) is 7.11 Å². The number of nitrogens with one attached hydrogen (secondary N) is 1. The number of nitrogen functional groups attached to an aromatic ring is 1. The smallest absolute Gasteiger partial charge is 0.119 e. The first-order valence-corrected chi connectivity index (χ1v) is 2.97. The van der Waals surface area contributed by atoms with Gasteiger partial charge in [0.1, 0.15) is 5.75 Å². The summed E-state index contributed by atoms with van der Waals surface area (Å²) in [5, 5.41) is 0. The molecular formula is C7H10ClN2O. The van der Waals surface area contributed by atoms with Crippen LogP contribution in [-0.2, 0) is 0 Å². The van der Waals surface area contributed by atoms with Crippen LogP contribution in [0.15, 0.2) is 24.3 Å². The fourth-order valence-corrected chi connectivity index (χ4v) is 0.687. The molecule has 0 bridgehead atoms. The Labute approximate surface area is 71.9 Å². The highest BCUT2D eigenvalue weighted by Crippen LogP contribution is 2.13. The van der Waals surface area contributed by atoms with E-state index in [9.17, 15) is 0 Å². The lowest BCUT2D eigenvalue weighted by atomic mass is 10.3. The molecule has 0 heterocycles. The predicted molar refractivity (Wildman–Crippen MR) is 46.7 cm³/mol. The van der Waals surface area contributed by atoms with Crippen LogP contribution in [0.5, 0.6) is 5.75 Å². The monoisotopic (exact) mass is 173 g/mol. The van der Waals surface area contributed by atoms with Crippen molar-refractivity contribution in [3.05, 3.63) is 24.3 Å². The molecule has 0 saturated carbocycles. The molecule has 1 aromatic rings. The molecule has 3 N–H and O–H groups in total. The van der Waals surface area contributed by atoms with Crippen molar-refractivity contribution in [2.45, 2.75) is 0 Å². The molecule has 1 aromatic carbocycles. The summed E-state index contributed by atoms with van der Waals surface area (Å²) in [5.41, 5.74) is 3.40. The van der Waals surface area contributed by atoms with Crippen molar-refractivity contribution in [1.29, 1.82) is 0 Å². The summed E-state index contributed by atoms with van der Waals surface area (Å²) in [7, 11) is 1.63. The molecule has 0 saturated heterocycles. The summed E-state index contributed by atoms with van der Waals surface area (Å²) in [6.07, 6.45) is 0. The Morgan fingerprint density at radius 2 is 1.82 bits per heavy atom. The van der Waals surface area contributed by atoms with Crippen LogP contribution in [0.1, 0.15) is 0 Å². The number of ether oxygens (including phenoxy) is 1. The van der Waals surface area contributed by atoms with Crippen LogP contribution in [0.3, 0.4) is 0 Å². The zero-order valence-electron chi connectivity index (χ0n) is 6.17. The Bertz CT molecular complexity index is 177. The largest absolute Gasteiger partial charge is 0.497 e. The van der Waals surface area contributed by atoms with E-state index in [2.05, 4.69) is 5.43 Å². The second kappa shape index (κ2) is 4.82. The normalized spacial score (nSPS) is 8.18. The highest BCUT2D eigenvalue weighted by Gasteiger charge is 1.88. The number of nitrogens with two attached hydrogens (primary N) is 1. The summed E-state index contributed by atoms with van der Waals surface area (Å²) < 4.78 is 4.95. The van der Waals surface area contributed by atoms with Crippen LogP contribution < -0.4 is 16.0 Å². The van der Waals surface area contributed by atoms with Gasteiger partial charge in [-0.2, -0.15) is 0 Å². The summed E-state index contributed by atoms with van der Waals surface area (Å²) in [6, 6.07) is 7.38. The van der Waals surface area contributed by atoms with Crippen LogP contribution in [0.4, 0.5) is 5.69 Å². The Hall–Kier alpha value is -0.930. The zero-order chi connectivity index (χ0) is 7.40. The first-order chi connectivity index (χ1) is 4.86. The van der Waals surface area contributed by atoms with E-state index in [-0.39, 0.29) is 12.4 Å². The molecule has 11 heavy (non-hydrogen) atoms. The molecule has 1 radical (unpaired) electrons. The molecule has 0 aliphatic rings.